The van der Waals surface area contributed by atoms with Crippen LogP contribution in [0.2, 0.25) is 0 Å². The van der Waals surface area contributed by atoms with Gasteiger partial charge in [0.25, 0.3) is 0 Å². The molecule has 0 radical (unpaired) electrons. The van der Waals surface area contributed by atoms with Gasteiger partial charge in [-0.25, -0.2) is 0 Å². The van der Waals surface area contributed by atoms with E-state index in [1.165, 1.54) is 11.1 Å². The van der Waals surface area contributed by atoms with Gasteiger partial charge in [0.05, 0.1) is 0 Å². The first-order chi connectivity index (χ1) is 8.27. The maximum absolute atomic E-state index is 4.35. The average Bonchev–Trinajstić information content (AvgIpc) is 2.42. The van der Waals surface area contributed by atoms with Crippen LogP contribution in [0.3, 0.4) is 0 Å². The van der Waals surface area contributed by atoms with Gasteiger partial charge < -0.3 is 0 Å². The van der Waals surface area contributed by atoms with Gasteiger partial charge in [0, 0.05) is 24.3 Å². The van der Waals surface area contributed by atoms with E-state index in [0.717, 1.165) is 5.69 Å². The summed E-state index contributed by atoms with van der Waals surface area (Å²) < 4.78 is 0. The SMILES string of the molecule is CC.CC(C)c1cc(-c2ccncc2)ccn1. The molecular formula is C15H20N2. The van der Waals surface area contributed by atoms with Crippen molar-refractivity contribution in [3.8, 4) is 11.1 Å². The molecule has 0 aromatic carbocycles. The summed E-state index contributed by atoms with van der Waals surface area (Å²) in [6, 6.07) is 8.19. The van der Waals surface area contributed by atoms with Gasteiger partial charge in [-0.05, 0) is 41.3 Å². The van der Waals surface area contributed by atoms with Crippen LogP contribution < -0.4 is 0 Å². The smallest absolute Gasteiger partial charge is 0.0435 e. The molecule has 2 nitrogen and oxygen atoms in total. The van der Waals surface area contributed by atoms with Crippen LogP contribution in [0.25, 0.3) is 11.1 Å². The monoisotopic (exact) mass is 228 g/mol. The number of hydrogen-bond donors (Lipinski definition) is 0. The molecule has 2 rings (SSSR count). The zero-order valence-electron chi connectivity index (χ0n) is 11.0. The van der Waals surface area contributed by atoms with E-state index in [0.29, 0.717) is 5.92 Å². The zero-order valence-corrected chi connectivity index (χ0v) is 11.0. The van der Waals surface area contributed by atoms with E-state index >= 15 is 0 Å². The van der Waals surface area contributed by atoms with Crippen LogP contribution in [-0.4, -0.2) is 9.97 Å². The Hall–Kier alpha value is -1.70. The summed E-state index contributed by atoms with van der Waals surface area (Å²) in [5, 5.41) is 0. The number of hydrogen-bond acceptors (Lipinski definition) is 2. The Morgan fingerprint density at radius 2 is 1.47 bits per heavy atom. The third-order valence-corrected chi connectivity index (χ3v) is 2.39. The maximum Gasteiger partial charge on any atom is 0.0435 e. The predicted molar refractivity (Wildman–Crippen MR) is 72.9 cm³/mol. The molecule has 0 atom stereocenters. The summed E-state index contributed by atoms with van der Waals surface area (Å²) in [6.45, 7) is 8.30. The summed E-state index contributed by atoms with van der Waals surface area (Å²) in [5.74, 6) is 0.465. The minimum absolute atomic E-state index is 0.465. The zero-order chi connectivity index (χ0) is 12.7. The van der Waals surface area contributed by atoms with Gasteiger partial charge in [0.15, 0.2) is 0 Å². The van der Waals surface area contributed by atoms with Gasteiger partial charge >= 0.3 is 0 Å². The standard InChI is InChI=1S/C13H14N2.C2H6/c1-10(2)13-9-12(5-8-15-13)11-3-6-14-7-4-11;1-2/h3-10H,1-2H3;1-2H3. The largest absolute Gasteiger partial charge is 0.265 e. The second-order valence-corrected chi connectivity index (χ2v) is 3.86. The van der Waals surface area contributed by atoms with Crippen molar-refractivity contribution in [2.75, 3.05) is 0 Å². The van der Waals surface area contributed by atoms with Crippen molar-refractivity contribution in [3.63, 3.8) is 0 Å². The molecule has 0 aliphatic carbocycles. The van der Waals surface area contributed by atoms with Crippen molar-refractivity contribution in [3.05, 3.63) is 48.5 Å². The molecule has 17 heavy (non-hydrogen) atoms. The molecule has 0 aliphatic heterocycles. The normalized spacial score (nSPS) is 9.71. The predicted octanol–water partition coefficient (Wildman–Crippen LogP) is 4.29. The van der Waals surface area contributed by atoms with Gasteiger partial charge in [-0.2, -0.15) is 0 Å². The highest BCUT2D eigenvalue weighted by Crippen LogP contribution is 2.21. The third kappa shape index (κ3) is 3.66. The molecule has 2 aromatic rings. The molecule has 0 saturated heterocycles. The number of pyridine rings is 2. The van der Waals surface area contributed by atoms with E-state index in [2.05, 4.69) is 29.9 Å². The first kappa shape index (κ1) is 13.4. The van der Waals surface area contributed by atoms with E-state index < -0.39 is 0 Å². The van der Waals surface area contributed by atoms with E-state index in [-0.39, 0.29) is 0 Å². The van der Waals surface area contributed by atoms with Crippen molar-refractivity contribution >= 4 is 0 Å². The Balaban J connectivity index is 0.000000686. The molecule has 90 valence electrons. The fraction of sp³-hybridized carbons (Fsp3) is 0.333. The van der Waals surface area contributed by atoms with E-state index in [4.69, 9.17) is 0 Å². The van der Waals surface area contributed by atoms with Gasteiger partial charge in [-0.15, -0.1) is 0 Å². The molecular weight excluding hydrogens is 208 g/mol. The Bertz CT molecular complexity index is 436. The Kier molecular flexibility index (Phi) is 5.34. The van der Waals surface area contributed by atoms with Crippen LogP contribution in [0.5, 0.6) is 0 Å². The summed E-state index contributed by atoms with van der Waals surface area (Å²) in [5.41, 5.74) is 3.52. The summed E-state index contributed by atoms with van der Waals surface area (Å²) in [6.07, 6.45) is 5.49. The molecule has 2 heterocycles. The quantitative estimate of drug-likeness (QED) is 0.766. The lowest BCUT2D eigenvalue weighted by Crippen LogP contribution is -1.92. The highest BCUT2D eigenvalue weighted by atomic mass is 14.7. The number of nitrogens with zero attached hydrogens (tertiary/aromatic N) is 2. The maximum atomic E-state index is 4.35. The molecule has 0 saturated carbocycles. The van der Waals surface area contributed by atoms with Crippen molar-refractivity contribution in [2.24, 2.45) is 0 Å². The Morgan fingerprint density at radius 1 is 0.882 bits per heavy atom. The molecule has 0 N–H and O–H groups in total. The molecule has 0 aliphatic rings. The lowest BCUT2D eigenvalue weighted by molar-refractivity contribution is 0.823. The highest BCUT2D eigenvalue weighted by molar-refractivity contribution is 5.62. The van der Waals surface area contributed by atoms with Crippen LogP contribution in [0.15, 0.2) is 42.9 Å². The van der Waals surface area contributed by atoms with Gasteiger partial charge in [0.2, 0.25) is 0 Å². The van der Waals surface area contributed by atoms with Gasteiger partial charge in [0.1, 0.15) is 0 Å². The number of aromatic nitrogens is 2. The first-order valence-corrected chi connectivity index (χ1v) is 6.13. The minimum atomic E-state index is 0.465. The van der Waals surface area contributed by atoms with Crippen LogP contribution in [0.4, 0.5) is 0 Å². The van der Waals surface area contributed by atoms with Crippen LogP contribution in [-0.2, 0) is 0 Å². The Labute approximate surface area is 104 Å². The Morgan fingerprint density at radius 3 is 2.06 bits per heavy atom. The lowest BCUT2D eigenvalue weighted by atomic mass is 10.0. The van der Waals surface area contributed by atoms with E-state index in [1.807, 2.05) is 50.6 Å². The van der Waals surface area contributed by atoms with E-state index in [1.54, 1.807) is 0 Å². The average molecular weight is 228 g/mol. The topological polar surface area (TPSA) is 25.8 Å². The second-order valence-electron chi connectivity index (χ2n) is 3.86. The molecule has 0 bridgehead atoms. The van der Waals surface area contributed by atoms with Crippen LogP contribution in [0.1, 0.15) is 39.3 Å². The number of rotatable bonds is 2. The molecule has 2 aromatic heterocycles. The van der Waals surface area contributed by atoms with Crippen molar-refractivity contribution < 1.29 is 0 Å². The minimum Gasteiger partial charge on any atom is -0.265 e. The van der Waals surface area contributed by atoms with Crippen molar-refractivity contribution in [1.82, 2.24) is 9.97 Å². The fourth-order valence-corrected chi connectivity index (χ4v) is 1.49. The molecule has 0 amide bonds. The van der Waals surface area contributed by atoms with Crippen LogP contribution >= 0.6 is 0 Å². The lowest BCUT2D eigenvalue weighted by Gasteiger charge is -2.06. The van der Waals surface area contributed by atoms with Crippen molar-refractivity contribution in [2.45, 2.75) is 33.6 Å². The van der Waals surface area contributed by atoms with E-state index in [9.17, 15) is 0 Å². The molecule has 0 fully saturated rings. The van der Waals surface area contributed by atoms with Crippen LogP contribution in [0, 0.1) is 0 Å². The van der Waals surface area contributed by atoms with Gasteiger partial charge in [-0.3, -0.25) is 9.97 Å². The fourth-order valence-electron chi connectivity index (χ4n) is 1.49. The third-order valence-electron chi connectivity index (χ3n) is 2.39. The summed E-state index contributed by atoms with van der Waals surface area (Å²) in [7, 11) is 0. The molecule has 0 spiro atoms. The highest BCUT2D eigenvalue weighted by Gasteiger charge is 2.02. The van der Waals surface area contributed by atoms with Crippen molar-refractivity contribution in [1.29, 1.82) is 0 Å². The molecule has 0 unspecified atom stereocenters. The first-order valence-electron chi connectivity index (χ1n) is 6.13. The molecule has 2 heteroatoms. The summed E-state index contributed by atoms with van der Waals surface area (Å²) in [4.78, 5) is 8.36. The second kappa shape index (κ2) is 6.79. The van der Waals surface area contributed by atoms with Gasteiger partial charge in [-0.1, -0.05) is 27.7 Å². The summed E-state index contributed by atoms with van der Waals surface area (Å²) >= 11 is 0.